The van der Waals surface area contributed by atoms with Crippen molar-refractivity contribution in [2.24, 2.45) is 0 Å². The molecule has 0 aliphatic heterocycles. The third-order valence-corrected chi connectivity index (χ3v) is 4.18. The molecule has 0 aromatic heterocycles. The Morgan fingerprint density at radius 1 is 1.24 bits per heavy atom. The number of sulfonamides is 1. The van der Waals surface area contributed by atoms with Crippen molar-refractivity contribution in [3.63, 3.8) is 0 Å². The second-order valence-electron chi connectivity index (χ2n) is 4.06. The number of hydrogen-bond donors (Lipinski definition) is 0. The van der Waals surface area contributed by atoms with Crippen molar-refractivity contribution in [2.45, 2.75) is 24.8 Å². The summed E-state index contributed by atoms with van der Waals surface area (Å²) in [6.45, 7) is 4.60. The Balaban J connectivity index is 2.65. The van der Waals surface area contributed by atoms with Crippen molar-refractivity contribution in [1.82, 2.24) is 4.31 Å². The zero-order valence-corrected chi connectivity index (χ0v) is 11.3. The Hall–Kier alpha value is -0.910. The van der Waals surface area contributed by atoms with Gasteiger partial charge in [0.15, 0.2) is 0 Å². The van der Waals surface area contributed by atoms with E-state index in [4.69, 9.17) is 4.74 Å². The molecule has 5 heteroatoms. The van der Waals surface area contributed by atoms with Gasteiger partial charge in [-0.2, -0.15) is 4.31 Å². The van der Waals surface area contributed by atoms with Gasteiger partial charge >= 0.3 is 0 Å². The van der Waals surface area contributed by atoms with Gasteiger partial charge in [0, 0.05) is 13.6 Å². The fourth-order valence-electron chi connectivity index (χ4n) is 1.31. The van der Waals surface area contributed by atoms with E-state index in [-0.39, 0.29) is 6.10 Å². The van der Waals surface area contributed by atoms with Gasteiger partial charge in [-0.15, -0.1) is 0 Å². The molecule has 1 aromatic rings. The minimum absolute atomic E-state index is 0.114. The largest absolute Gasteiger partial charge is 0.377 e. The highest BCUT2D eigenvalue weighted by Gasteiger charge is 2.19. The smallest absolute Gasteiger partial charge is 0.242 e. The van der Waals surface area contributed by atoms with Gasteiger partial charge in [0.2, 0.25) is 10.0 Å². The van der Waals surface area contributed by atoms with Crippen LogP contribution < -0.4 is 0 Å². The monoisotopic (exact) mass is 257 g/mol. The Kier molecular flexibility index (Phi) is 5.11. The Morgan fingerprint density at radius 2 is 1.82 bits per heavy atom. The molecule has 0 aliphatic rings. The molecule has 0 atom stereocenters. The summed E-state index contributed by atoms with van der Waals surface area (Å²) < 4.78 is 30.8. The van der Waals surface area contributed by atoms with E-state index in [2.05, 4.69) is 0 Å². The van der Waals surface area contributed by atoms with Gasteiger partial charge in [0.25, 0.3) is 0 Å². The summed E-state index contributed by atoms with van der Waals surface area (Å²) in [5, 5.41) is 0. The molecule has 0 unspecified atom stereocenters. The first-order chi connectivity index (χ1) is 7.94. The van der Waals surface area contributed by atoms with Crippen LogP contribution in [0.5, 0.6) is 0 Å². The topological polar surface area (TPSA) is 46.6 Å². The average molecular weight is 257 g/mol. The lowest BCUT2D eigenvalue weighted by Crippen LogP contribution is -2.30. The van der Waals surface area contributed by atoms with Gasteiger partial charge in [-0.05, 0) is 26.0 Å². The molecule has 17 heavy (non-hydrogen) atoms. The van der Waals surface area contributed by atoms with E-state index >= 15 is 0 Å². The lowest BCUT2D eigenvalue weighted by molar-refractivity contribution is 0.0737. The van der Waals surface area contributed by atoms with Crippen LogP contribution in [0.4, 0.5) is 0 Å². The van der Waals surface area contributed by atoms with E-state index in [1.807, 2.05) is 13.8 Å². The fourth-order valence-corrected chi connectivity index (χ4v) is 2.49. The normalized spacial score (nSPS) is 12.3. The molecule has 0 aliphatic carbocycles. The van der Waals surface area contributed by atoms with E-state index in [9.17, 15) is 8.42 Å². The van der Waals surface area contributed by atoms with E-state index < -0.39 is 10.0 Å². The zero-order valence-electron chi connectivity index (χ0n) is 10.5. The van der Waals surface area contributed by atoms with Crippen LogP contribution >= 0.6 is 0 Å². The number of hydrogen-bond acceptors (Lipinski definition) is 3. The molecule has 4 nitrogen and oxygen atoms in total. The van der Waals surface area contributed by atoms with Crippen LogP contribution in [0.3, 0.4) is 0 Å². The minimum atomic E-state index is -3.38. The van der Waals surface area contributed by atoms with E-state index in [1.54, 1.807) is 37.4 Å². The second-order valence-corrected chi connectivity index (χ2v) is 6.10. The minimum Gasteiger partial charge on any atom is -0.377 e. The molecule has 1 rings (SSSR count). The molecule has 0 spiro atoms. The summed E-state index contributed by atoms with van der Waals surface area (Å²) in [4.78, 5) is 0.312. The molecular formula is C12H19NO3S. The van der Waals surface area contributed by atoms with Gasteiger partial charge in [-0.25, -0.2) is 8.42 Å². The summed E-state index contributed by atoms with van der Waals surface area (Å²) in [5.41, 5.74) is 0. The fraction of sp³-hybridized carbons (Fsp3) is 0.500. The maximum Gasteiger partial charge on any atom is 0.242 e. The van der Waals surface area contributed by atoms with Crippen LogP contribution in [-0.4, -0.2) is 39.0 Å². The number of benzene rings is 1. The Bertz CT molecular complexity index is 428. The van der Waals surface area contributed by atoms with Crippen molar-refractivity contribution < 1.29 is 13.2 Å². The van der Waals surface area contributed by atoms with E-state index in [1.165, 1.54) is 4.31 Å². The summed E-state index contributed by atoms with van der Waals surface area (Å²) in [6, 6.07) is 8.40. The average Bonchev–Trinajstić information content (AvgIpc) is 2.29. The molecule has 0 saturated heterocycles. The summed E-state index contributed by atoms with van der Waals surface area (Å²) >= 11 is 0. The number of nitrogens with zero attached hydrogens (tertiary/aromatic N) is 1. The predicted molar refractivity (Wildman–Crippen MR) is 67.3 cm³/mol. The second kappa shape index (κ2) is 6.14. The van der Waals surface area contributed by atoms with Crippen LogP contribution in [0.1, 0.15) is 13.8 Å². The molecule has 0 bridgehead atoms. The van der Waals surface area contributed by atoms with Gasteiger partial charge in [0.1, 0.15) is 0 Å². The van der Waals surface area contributed by atoms with Crippen molar-refractivity contribution in [3.05, 3.63) is 30.3 Å². The predicted octanol–water partition coefficient (Wildman–Crippen LogP) is 1.73. The maximum atomic E-state index is 12.1. The number of likely N-dealkylation sites (N-methyl/N-ethyl adjacent to an activating group) is 1. The first-order valence-corrected chi connectivity index (χ1v) is 7.01. The van der Waals surface area contributed by atoms with Crippen LogP contribution in [0.2, 0.25) is 0 Å². The quantitative estimate of drug-likeness (QED) is 0.779. The number of rotatable bonds is 6. The van der Waals surface area contributed by atoms with Crippen LogP contribution in [0.25, 0.3) is 0 Å². The van der Waals surface area contributed by atoms with Gasteiger partial charge < -0.3 is 4.74 Å². The maximum absolute atomic E-state index is 12.1. The molecule has 0 N–H and O–H groups in total. The van der Waals surface area contributed by atoms with Crippen LogP contribution in [0, 0.1) is 0 Å². The third kappa shape index (κ3) is 4.11. The van der Waals surface area contributed by atoms with Crippen molar-refractivity contribution in [3.8, 4) is 0 Å². The highest BCUT2D eigenvalue weighted by Crippen LogP contribution is 2.12. The summed E-state index contributed by atoms with van der Waals surface area (Å²) in [5.74, 6) is 0. The van der Waals surface area contributed by atoms with Crippen molar-refractivity contribution in [2.75, 3.05) is 20.2 Å². The van der Waals surface area contributed by atoms with Crippen molar-refractivity contribution >= 4 is 10.0 Å². The molecular weight excluding hydrogens is 238 g/mol. The number of ether oxygens (including phenoxy) is 1. The summed E-state index contributed by atoms with van der Waals surface area (Å²) in [6.07, 6.45) is 0.114. The highest BCUT2D eigenvalue weighted by molar-refractivity contribution is 7.89. The Labute approximate surface area is 103 Å². The molecule has 0 fully saturated rings. The van der Waals surface area contributed by atoms with E-state index in [0.29, 0.717) is 18.0 Å². The van der Waals surface area contributed by atoms with Crippen LogP contribution in [0.15, 0.2) is 35.2 Å². The standard InChI is InChI=1S/C12H19NO3S/c1-11(2)16-10-9-13(3)17(14,15)12-7-5-4-6-8-12/h4-8,11H,9-10H2,1-3H3. The molecule has 0 saturated carbocycles. The van der Waals surface area contributed by atoms with Gasteiger partial charge in [-0.3, -0.25) is 0 Å². The highest BCUT2D eigenvalue weighted by atomic mass is 32.2. The zero-order chi connectivity index (χ0) is 12.9. The summed E-state index contributed by atoms with van der Waals surface area (Å²) in [7, 11) is -1.82. The van der Waals surface area contributed by atoms with E-state index in [0.717, 1.165) is 0 Å². The van der Waals surface area contributed by atoms with Crippen molar-refractivity contribution in [1.29, 1.82) is 0 Å². The third-order valence-electron chi connectivity index (χ3n) is 2.31. The molecule has 0 radical (unpaired) electrons. The molecule has 0 heterocycles. The van der Waals surface area contributed by atoms with Gasteiger partial charge in [-0.1, -0.05) is 18.2 Å². The Morgan fingerprint density at radius 3 is 2.35 bits per heavy atom. The molecule has 1 aromatic carbocycles. The van der Waals surface area contributed by atoms with Gasteiger partial charge in [0.05, 0.1) is 17.6 Å². The lowest BCUT2D eigenvalue weighted by Gasteiger charge is -2.17. The molecule has 0 amide bonds. The molecule has 96 valence electrons. The SMILES string of the molecule is CC(C)OCCN(C)S(=O)(=O)c1ccccc1. The first kappa shape index (κ1) is 14.2. The lowest BCUT2D eigenvalue weighted by atomic mass is 10.4. The van der Waals surface area contributed by atoms with Crippen LogP contribution in [-0.2, 0) is 14.8 Å². The first-order valence-electron chi connectivity index (χ1n) is 5.57.